The SMILES string of the molecule is COC(=O)c1cccc(-c2ccc([N+](=O)[O-])cc2)c1. The van der Waals surface area contributed by atoms with Crippen molar-refractivity contribution in [3.63, 3.8) is 0 Å². The molecule has 0 unspecified atom stereocenters. The second-order valence-electron chi connectivity index (χ2n) is 3.88. The summed E-state index contributed by atoms with van der Waals surface area (Å²) >= 11 is 0. The maximum Gasteiger partial charge on any atom is 0.337 e. The van der Waals surface area contributed by atoms with Crippen LogP contribution in [0.25, 0.3) is 11.1 Å². The molecule has 96 valence electrons. The number of rotatable bonds is 3. The molecule has 19 heavy (non-hydrogen) atoms. The van der Waals surface area contributed by atoms with E-state index < -0.39 is 10.9 Å². The molecule has 0 saturated carbocycles. The monoisotopic (exact) mass is 257 g/mol. The lowest BCUT2D eigenvalue weighted by molar-refractivity contribution is -0.384. The number of nitro benzene ring substituents is 1. The summed E-state index contributed by atoms with van der Waals surface area (Å²) in [5.41, 5.74) is 2.08. The van der Waals surface area contributed by atoms with E-state index in [1.807, 2.05) is 6.07 Å². The summed E-state index contributed by atoms with van der Waals surface area (Å²) in [5, 5.41) is 10.6. The Labute approximate surface area is 109 Å². The molecule has 0 aliphatic heterocycles. The molecule has 2 rings (SSSR count). The molecular weight excluding hydrogens is 246 g/mol. The van der Waals surface area contributed by atoms with Crippen LogP contribution < -0.4 is 0 Å². The van der Waals surface area contributed by atoms with Gasteiger partial charge in [0.05, 0.1) is 17.6 Å². The number of benzene rings is 2. The quantitative estimate of drug-likeness (QED) is 0.481. The third kappa shape index (κ3) is 2.77. The maximum atomic E-state index is 11.4. The van der Waals surface area contributed by atoms with E-state index in [0.29, 0.717) is 5.56 Å². The number of esters is 1. The molecule has 5 nitrogen and oxygen atoms in total. The van der Waals surface area contributed by atoms with Crippen molar-refractivity contribution < 1.29 is 14.5 Å². The molecule has 0 aliphatic rings. The molecule has 0 fully saturated rings. The van der Waals surface area contributed by atoms with Crippen LogP contribution in [0.3, 0.4) is 0 Å². The lowest BCUT2D eigenvalue weighted by Gasteiger charge is -2.04. The third-order valence-corrected chi connectivity index (χ3v) is 2.70. The number of non-ortho nitro benzene ring substituents is 1. The summed E-state index contributed by atoms with van der Waals surface area (Å²) in [6.45, 7) is 0. The highest BCUT2D eigenvalue weighted by molar-refractivity contribution is 5.91. The van der Waals surface area contributed by atoms with Gasteiger partial charge in [-0.05, 0) is 35.4 Å². The van der Waals surface area contributed by atoms with Gasteiger partial charge in [0.25, 0.3) is 5.69 Å². The predicted molar refractivity (Wildman–Crippen MR) is 69.9 cm³/mol. The van der Waals surface area contributed by atoms with Crippen molar-refractivity contribution >= 4 is 11.7 Å². The Morgan fingerprint density at radius 3 is 2.37 bits per heavy atom. The lowest BCUT2D eigenvalue weighted by Crippen LogP contribution is -2.00. The third-order valence-electron chi connectivity index (χ3n) is 2.70. The number of methoxy groups -OCH3 is 1. The van der Waals surface area contributed by atoms with Gasteiger partial charge in [0, 0.05) is 12.1 Å². The smallest absolute Gasteiger partial charge is 0.337 e. The van der Waals surface area contributed by atoms with Crippen molar-refractivity contribution in [1.82, 2.24) is 0 Å². The van der Waals surface area contributed by atoms with Crippen molar-refractivity contribution in [1.29, 1.82) is 0 Å². The highest BCUT2D eigenvalue weighted by atomic mass is 16.6. The number of carbonyl (C=O) groups excluding carboxylic acids is 1. The van der Waals surface area contributed by atoms with Crippen LogP contribution in [0, 0.1) is 10.1 Å². The zero-order valence-electron chi connectivity index (χ0n) is 10.2. The molecular formula is C14H11NO4. The lowest BCUT2D eigenvalue weighted by atomic mass is 10.0. The first-order valence-corrected chi connectivity index (χ1v) is 5.55. The first-order valence-electron chi connectivity index (χ1n) is 5.55. The number of ether oxygens (including phenoxy) is 1. The van der Waals surface area contributed by atoms with Crippen LogP contribution >= 0.6 is 0 Å². The highest BCUT2D eigenvalue weighted by Gasteiger charge is 2.08. The van der Waals surface area contributed by atoms with Crippen LogP contribution in [0.2, 0.25) is 0 Å². The van der Waals surface area contributed by atoms with E-state index in [4.69, 9.17) is 0 Å². The minimum Gasteiger partial charge on any atom is -0.465 e. The first-order chi connectivity index (χ1) is 9.11. The standard InChI is InChI=1S/C14H11NO4/c1-19-14(16)12-4-2-3-11(9-12)10-5-7-13(8-6-10)15(17)18/h2-9H,1H3. The molecule has 2 aromatic rings. The van der Waals surface area contributed by atoms with E-state index >= 15 is 0 Å². The first kappa shape index (κ1) is 12.8. The largest absolute Gasteiger partial charge is 0.465 e. The van der Waals surface area contributed by atoms with Crippen molar-refractivity contribution in [2.75, 3.05) is 7.11 Å². The fourth-order valence-electron chi connectivity index (χ4n) is 1.72. The average Bonchev–Trinajstić information content (AvgIpc) is 2.46. The Morgan fingerprint density at radius 2 is 1.79 bits per heavy atom. The Balaban J connectivity index is 2.36. The normalized spacial score (nSPS) is 9.95. The summed E-state index contributed by atoms with van der Waals surface area (Å²) in [6.07, 6.45) is 0. The van der Waals surface area contributed by atoms with Crippen molar-refractivity contribution in [2.45, 2.75) is 0 Å². The second-order valence-corrected chi connectivity index (χ2v) is 3.88. The Kier molecular flexibility index (Phi) is 3.56. The van der Waals surface area contributed by atoms with Crippen LogP contribution in [0.1, 0.15) is 10.4 Å². The van der Waals surface area contributed by atoms with Crippen molar-refractivity contribution in [2.24, 2.45) is 0 Å². The minimum atomic E-state index is -0.450. The van der Waals surface area contributed by atoms with Gasteiger partial charge in [-0.25, -0.2) is 4.79 Å². The Morgan fingerprint density at radius 1 is 1.11 bits per heavy atom. The zero-order chi connectivity index (χ0) is 13.8. The van der Waals surface area contributed by atoms with E-state index in [9.17, 15) is 14.9 Å². The summed E-state index contributed by atoms with van der Waals surface area (Å²) in [6, 6.07) is 13.1. The van der Waals surface area contributed by atoms with Crippen LogP contribution in [0.4, 0.5) is 5.69 Å². The van der Waals surface area contributed by atoms with Gasteiger partial charge in [0.1, 0.15) is 0 Å². The molecule has 0 aromatic heterocycles. The minimum absolute atomic E-state index is 0.0351. The molecule has 0 atom stereocenters. The summed E-state index contributed by atoms with van der Waals surface area (Å²) < 4.78 is 4.65. The van der Waals surface area contributed by atoms with Crippen molar-refractivity contribution in [3.05, 3.63) is 64.2 Å². The topological polar surface area (TPSA) is 69.4 Å². The molecule has 0 bridgehead atoms. The number of hydrogen-bond donors (Lipinski definition) is 0. The van der Waals surface area contributed by atoms with Gasteiger partial charge in [-0.3, -0.25) is 10.1 Å². The molecule has 0 amide bonds. The summed E-state index contributed by atoms with van der Waals surface area (Å²) in [4.78, 5) is 21.6. The van der Waals surface area contributed by atoms with Crippen LogP contribution in [0.15, 0.2) is 48.5 Å². The second kappa shape index (κ2) is 5.30. The number of nitrogens with zero attached hydrogens (tertiary/aromatic N) is 1. The summed E-state index contributed by atoms with van der Waals surface area (Å²) in [7, 11) is 1.32. The van der Waals surface area contributed by atoms with Crippen LogP contribution in [-0.4, -0.2) is 18.0 Å². The molecule has 0 spiro atoms. The average molecular weight is 257 g/mol. The van der Waals surface area contributed by atoms with Gasteiger partial charge in [-0.2, -0.15) is 0 Å². The Bertz CT molecular complexity index is 620. The predicted octanol–water partition coefficient (Wildman–Crippen LogP) is 3.05. The Hall–Kier alpha value is -2.69. The van der Waals surface area contributed by atoms with E-state index in [1.165, 1.54) is 19.2 Å². The molecule has 0 radical (unpaired) electrons. The molecule has 0 N–H and O–H groups in total. The molecule has 0 aliphatic carbocycles. The van der Waals surface area contributed by atoms with E-state index in [1.54, 1.807) is 30.3 Å². The highest BCUT2D eigenvalue weighted by Crippen LogP contribution is 2.23. The molecule has 5 heteroatoms. The number of carbonyl (C=O) groups is 1. The van der Waals surface area contributed by atoms with E-state index in [-0.39, 0.29) is 5.69 Å². The van der Waals surface area contributed by atoms with E-state index in [2.05, 4.69) is 4.74 Å². The molecule has 0 saturated heterocycles. The van der Waals surface area contributed by atoms with Gasteiger partial charge < -0.3 is 4.74 Å². The van der Waals surface area contributed by atoms with Gasteiger partial charge in [0.2, 0.25) is 0 Å². The van der Waals surface area contributed by atoms with Gasteiger partial charge in [-0.15, -0.1) is 0 Å². The van der Waals surface area contributed by atoms with Gasteiger partial charge in [0.15, 0.2) is 0 Å². The number of hydrogen-bond acceptors (Lipinski definition) is 4. The summed E-state index contributed by atoms with van der Waals surface area (Å²) in [5.74, 6) is -0.413. The van der Waals surface area contributed by atoms with Gasteiger partial charge >= 0.3 is 5.97 Å². The fourth-order valence-corrected chi connectivity index (χ4v) is 1.72. The van der Waals surface area contributed by atoms with Crippen molar-refractivity contribution in [3.8, 4) is 11.1 Å². The fraction of sp³-hybridized carbons (Fsp3) is 0.0714. The number of nitro groups is 1. The van der Waals surface area contributed by atoms with Crippen LogP contribution in [-0.2, 0) is 4.74 Å². The zero-order valence-corrected chi connectivity index (χ0v) is 10.2. The van der Waals surface area contributed by atoms with Gasteiger partial charge in [-0.1, -0.05) is 12.1 Å². The molecule has 0 heterocycles. The maximum absolute atomic E-state index is 11.4. The van der Waals surface area contributed by atoms with Crippen LogP contribution in [0.5, 0.6) is 0 Å². The van der Waals surface area contributed by atoms with E-state index in [0.717, 1.165) is 11.1 Å². The molecule has 2 aromatic carbocycles.